The third-order valence-corrected chi connectivity index (χ3v) is 5.87. The molecule has 0 N–H and O–H groups in total. The van der Waals surface area contributed by atoms with Crippen molar-refractivity contribution in [3.8, 4) is 0 Å². The van der Waals surface area contributed by atoms with Crippen LogP contribution in [-0.4, -0.2) is 34.7 Å². The molecule has 3 aromatic rings. The Kier molecular flexibility index (Phi) is 5.44. The van der Waals surface area contributed by atoms with Gasteiger partial charge in [0.1, 0.15) is 0 Å². The lowest BCUT2D eigenvalue weighted by Crippen LogP contribution is -2.29. The van der Waals surface area contributed by atoms with E-state index in [2.05, 4.69) is 0 Å². The molecule has 0 atom stereocenters. The van der Waals surface area contributed by atoms with Crippen molar-refractivity contribution in [2.75, 3.05) is 11.5 Å². The van der Waals surface area contributed by atoms with Crippen LogP contribution in [0.1, 0.15) is 52.8 Å². The number of hydrogen-bond donors (Lipinski definition) is 0. The Hall–Kier alpha value is -3.71. The number of aromatic nitrogens is 1. The van der Waals surface area contributed by atoms with E-state index in [1.165, 1.54) is 18.2 Å². The number of ether oxygens (including phenoxy) is 1. The van der Waals surface area contributed by atoms with Gasteiger partial charge in [-0.1, -0.05) is 11.6 Å². The molecule has 0 radical (unpaired) electrons. The number of carbonyl (C=O) groups is 4. The maximum absolute atomic E-state index is 12.9. The molecular formula is C24H19ClN2O5. The second-order valence-corrected chi connectivity index (χ2v) is 7.96. The molecule has 1 aliphatic heterocycles. The molecular weight excluding hydrogens is 432 g/mol. The largest absolute Gasteiger partial charge is 0.454 e. The third-order valence-electron chi connectivity index (χ3n) is 5.62. The predicted octanol–water partition coefficient (Wildman–Crippen LogP) is 4.14. The number of fused-ring (bicyclic) bond motifs is 1. The van der Waals surface area contributed by atoms with Crippen LogP contribution in [0.4, 0.5) is 5.69 Å². The lowest BCUT2D eigenvalue weighted by Gasteiger charge is -2.13. The number of halogens is 1. The summed E-state index contributed by atoms with van der Waals surface area (Å²) in [6, 6.07) is 12.2. The lowest BCUT2D eigenvalue weighted by atomic mass is 10.1. The first-order valence-electron chi connectivity index (χ1n) is 9.80. The standard InChI is InChI=1S/C24H19ClN2O5/c1-13-10-19(14(2)26(13)3)21(28)12-32-24(31)15-4-9-18-20(11-15)23(30)27(22(18)29)17-7-5-16(25)6-8-17/h4-11H,12H2,1-3H3. The highest BCUT2D eigenvalue weighted by atomic mass is 35.5. The summed E-state index contributed by atoms with van der Waals surface area (Å²) >= 11 is 5.88. The Balaban J connectivity index is 1.51. The van der Waals surface area contributed by atoms with Crippen LogP contribution in [0, 0.1) is 13.8 Å². The number of esters is 1. The zero-order chi connectivity index (χ0) is 23.2. The fourth-order valence-corrected chi connectivity index (χ4v) is 3.75. The maximum atomic E-state index is 12.9. The second-order valence-electron chi connectivity index (χ2n) is 7.53. The van der Waals surface area contributed by atoms with Gasteiger partial charge in [0.15, 0.2) is 6.61 Å². The van der Waals surface area contributed by atoms with Gasteiger partial charge < -0.3 is 9.30 Å². The summed E-state index contributed by atoms with van der Waals surface area (Å²) in [6.07, 6.45) is 0. The van der Waals surface area contributed by atoms with Crippen molar-refractivity contribution in [1.82, 2.24) is 4.57 Å². The molecule has 0 bridgehead atoms. The molecule has 0 spiro atoms. The topological polar surface area (TPSA) is 85.7 Å². The molecule has 1 aliphatic rings. The molecule has 8 heteroatoms. The van der Waals surface area contributed by atoms with Crippen LogP contribution >= 0.6 is 11.6 Å². The van der Waals surface area contributed by atoms with E-state index in [1.54, 1.807) is 30.3 Å². The van der Waals surface area contributed by atoms with Gasteiger partial charge in [-0.05, 0) is 62.4 Å². The Morgan fingerprint density at radius 2 is 1.59 bits per heavy atom. The molecule has 0 saturated carbocycles. The molecule has 0 saturated heterocycles. The summed E-state index contributed by atoms with van der Waals surface area (Å²) in [6.45, 7) is 3.27. The van der Waals surface area contributed by atoms with Gasteiger partial charge in [-0.2, -0.15) is 0 Å². The summed E-state index contributed by atoms with van der Waals surface area (Å²) in [4.78, 5) is 51.6. The number of imide groups is 1. The monoisotopic (exact) mass is 450 g/mol. The van der Waals surface area contributed by atoms with Crippen molar-refractivity contribution in [2.24, 2.45) is 7.05 Å². The van der Waals surface area contributed by atoms with E-state index >= 15 is 0 Å². The smallest absolute Gasteiger partial charge is 0.338 e. The van der Waals surface area contributed by atoms with E-state index in [4.69, 9.17) is 16.3 Å². The molecule has 32 heavy (non-hydrogen) atoms. The molecule has 2 heterocycles. The molecule has 7 nitrogen and oxygen atoms in total. The van der Waals surface area contributed by atoms with Crippen molar-refractivity contribution in [2.45, 2.75) is 13.8 Å². The number of carbonyl (C=O) groups excluding carboxylic acids is 4. The van der Waals surface area contributed by atoms with Crippen LogP contribution in [0.2, 0.25) is 5.02 Å². The van der Waals surface area contributed by atoms with E-state index in [0.29, 0.717) is 16.3 Å². The fraction of sp³-hybridized carbons (Fsp3) is 0.167. The first-order valence-corrected chi connectivity index (χ1v) is 10.2. The minimum absolute atomic E-state index is 0.0802. The number of ketones is 1. The van der Waals surface area contributed by atoms with Gasteiger partial charge in [0.2, 0.25) is 5.78 Å². The number of anilines is 1. The predicted molar refractivity (Wildman–Crippen MR) is 119 cm³/mol. The van der Waals surface area contributed by atoms with Crippen molar-refractivity contribution in [3.05, 3.63) is 87.2 Å². The molecule has 0 unspecified atom stereocenters. The highest BCUT2D eigenvalue weighted by Gasteiger charge is 2.37. The number of hydrogen-bond acceptors (Lipinski definition) is 5. The summed E-state index contributed by atoms with van der Waals surface area (Å²) < 4.78 is 7.05. The van der Waals surface area contributed by atoms with Crippen LogP contribution < -0.4 is 4.90 Å². The minimum Gasteiger partial charge on any atom is -0.454 e. The van der Waals surface area contributed by atoms with Gasteiger partial charge >= 0.3 is 5.97 Å². The van der Waals surface area contributed by atoms with Gasteiger partial charge in [0.25, 0.3) is 11.8 Å². The van der Waals surface area contributed by atoms with E-state index in [1.807, 2.05) is 25.5 Å². The van der Waals surface area contributed by atoms with Crippen LogP contribution in [0.3, 0.4) is 0 Å². The SMILES string of the molecule is Cc1cc(C(=O)COC(=O)c2ccc3c(c2)C(=O)N(c2ccc(Cl)cc2)C3=O)c(C)n1C. The first kappa shape index (κ1) is 21.5. The van der Waals surface area contributed by atoms with Crippen LogP contribution in [0.25, 0.3) is 0 Å². The molecule has 2 aromatic carbocycles. The van der Waals surface area contributed by atoms with E-state index in [-0.39, 0.29) is 22.5 Å². The Bertz CT molecular complexity index is 1290. The molecule has 1 aromatic heterocycles. The van der Waals surface area contributed by atoms with Crippen LogP contribution in [-0.2, 0) is 11.8 Å². The molecule has 0 fully saturated rings. The lowest BCUT2D eigenvalue weighted by molar-refractivity contribution is 0.0474. The van der Waals surface area contributed by atoms with Crippen LogP contribution in [0.5, 0.6) is 0 Å². The van der Waals surface area contributed by atoms with Gasteiger partial charge in [0.05, 0.1) is 22.4 Å². The van der Waals surface area contributed by atoms with Crippen molar-refractivity contribution in [1.29, 1.82) is 0 Å². The fourth-order valence-electron chi connectivity index (χ4n) is 3.62. The van der Waals surface area contributed by atoms with Crippen molar-refractivity contribution < 1.29 is 23.9 Å². The number of benzene rings is 2. The second kappa shape index (κ2) is 8.09. The Morgan fingerprint density at radius 3 is 2.22 bits per heavy atom. The van der Waals surface area contributed by atoms with Gasteiger partial charge in [0, 0.05) is 29.0 Å². The number of aryl methyl sites for hydroxylation is 1. The molecule has 2 amide bonds. The number of amides is 2. The zero-order valence-electron chi connectivity index (χ0n) is 17.6. The average molecular weight is 451 g/mol. The summed E-state index contributed by atoms with van der Waals surface area (Å²) in [5, 5.41) is 0.478. The summed E-state index contributed by atoms with van der Waals surface area (Å²) in [7, 11) is 1.85. The maximum Gasteiger partial charge on any atom is 0.338 e. The van der Waals surface area contributed by atoms with Gasteiger partial charge in [-0.3, -0.25) is 14.4 Å². The normalized spacial score (nSPS) is 12.8. The van der Waals surface area contributed by atoms with Crippen LogP contribution in [0.15, 0.2) is 48.5 Å². The molecule has 0 aliphatic carbocycles. The number of Topliss-reactive ketones (excluding diaryl/α,β-unsaturated/α-hetero) is 1. The summed E-state index contributed by atoms with van der Waals surface area (Å²) in [5.41, 5.74) is 2.94. The number of nitrogens with zero attached hydrogens (tertiary/aromatic N) is 2. The zero-order valence-corrected chi connectivity index (χ0v) is 18.4. The minimum atomic E-state index is -0.753. The quantitative estimate of drug-likeness (QED) is 0.331. The van der Waals surface area contributed by atoms with Gasteiger partial charge in [-0.15, -0.1) is 0 Å². The number of rotatable bonds is 5. The van der Waals surface area contributed by atoms with E-state index < -0.39 is 24.4 Å². The first-order chi connectivity index (χ1) is 15.2. The highest BCUT2D eigenvalue weighted by Crippen LogP contribution is 2.30. The highest BCUT2D eigenvalue weighted by molar-refractivity contribution is 6.35. The van der Waals surface area contributed by atoms with Gasteiger partial charge in [-0.25, -0.2) is 9.69 Å². The Morgan fingerprint density at radius 1 is 0.938 bits per heavy atom. The van der Waals surface area contributed by atoms with Crippen molar-refractivity contribution >= 4 is 40.9 Å². The Labute approximate surface area is 189 Å². The molecule has 4 rings (SSSR count). The van der Waals surface area contributed by atoms with E-state index in [9.17, 15) is 19.2 Å². The third kappa shape index (κ3) is 3.61. The molecule has 162 valence electrons. The summed E-state index contributed by atoms with van der Waals surface area (Å²) in [5.74, 6) is -2.11. The van der Waals surface area contributed by atoms with E-state index in [0.717, 1.165) is 16.3 Å². The van der Waals surface area contributed by atoms with Crippen molar-refractivity contribution in [3.63, 3.8) is 0 Å². The average Bonchev–Trinajstić information content (AvgIpc) is 3.19.